The van der Waals surface area contributed by atoms with E-state index in [9.17, 15) is 5.11 Å². The second-order valence-electron chi connectivity index (χ2n) is 2.74. The molecule has 0 unspecified atom stereocenters. The lowest BCUT2D eigenvalue weighted by Crippen LogP contribution is -1.88. The Morgan fingerprint density at radius 3 is 2.50 bits per heavy atom. The van der Waals surface area contributed by atoms with Crippen molar-refractivity contribution in [2.75, 3.05) is 0 Å². The number of rotatable bonds is 1. The molecular formula is C9H11NO2. The largest absolute Gasteiger partial charge is 0.508 e. The molecule has 0 heterocycles. The van der Waals surface area contributed by atoms with Crippen LogP contribution in [-0.4, -0.2) is 16.5 Å². The summed E-state index contributed by atoms with van der Waals surface area (Å²) < 4.78 is 0. The normalized spacial score (nSPS) is 10.8. The van der Waals surface area contributed by atoms with E-state index in [4.69, 9.17) is 5.21 Å². The van der Waals surface area contributed by atoms with Crippen molar-refractivity contribution in [1.29, 1.82) is 0 Å². The Morgan fingerprint density at radius 1 is 1.25 bits per heavy atom. The molecule has 0 aliphatic heterocycles. The Labute approximate surface area is 71.0 Å². The van der Waals surface area contributed by atoms with Gasteiger partial charge in [0.25, 0.3) is 0 Å². The molecule has 0 aliphatic rings. The van der Waals surface area contributed by atoms with E-state index in [1.54, 1.807) is 19.1 Å². The maximum Gasteiger partial charge on any atom is 0.118 e. The molecule has 1 aromatic rings. The third kappa shape index (κ3) is 1.56. The Hall–Kier alpha value is -1.51. The van der Waals surface area contributed by atoms with Gasteiger partial charge in [-0.25, -0.2) is 0 Å². The van der Waals surface area contributed by atoms with E-state index in [-0.39, 0.29) is 5.75 Å². The lowest BCUT2D eigenvalue weighted by Gasteiger charge is -2.03. The average Bonchev–Trinajstić information content (AvgIpc) is 2.01. The fraction of sp³-hybridized carbons (Fsp3) is 0.222. The molecule has 0 amide bonds. The van der Waals surface area contributed by atoms with Crippen molar-refractivity contribution in [3.05, 3.63) is 28.8 Å². The predicted octanol–water partition coefficient (Wildman–Crippen LogP) is 1.82. The predicted molar refractivity (Wildman–Crippen MR) is 47.0 cm³/mol. The van der Waals surface area contributed by atoms with Crippen LogP contribution in [0.2, 0.25) is 0 Å². The number of oxime groups is 1. The van der Waals surface area contributed by atoms with Gasteiger partial charge in [0.15, 0.2) is 0 Å². The second kappa shape index (κ2) is 3.26. The molecule has 12 heavy (non-hydrogen) atoms. The van der Waals surface area contributed by atoms with Crippen LogP contribution in [0.15, 0.2) is 17.3 Å². The lowest BCUT2D eigenvalue weighted by atomic mass is 10.1. The minimum Gasteiger partial charge on any atom is -0.508 e. The summed E-state index contributed by atoms with van der Waals surface area (Å²) in [4.78, 5) is 0. The Kier molecular flexibility index (Phi) is 2.33. The third-order valence-electron chi connectivity index (χ3n) is 1.78. The van der Waals surface area contributed by atoms with Crippen molar-refractivity contribution < 1.29 is 10.3 Å². The van der Waals surface area contributed by atoms with Crippen LogP contribution in [-0.2, 0) is 0 Å². The van der Waals surface area contributed by atoms with Gasteiger partial charge in [-0.2, -0.15) is 0 Å². The molecule has 1 rings (SSSR count). The summed E-state index contributed by atoms with van der Waals surface area (Å²) in [5.74, 6) is 0.266. The fourth-order valence-electron chi connectivity index (χ4n) is 1.02. The molecule has 0 radical (unpaired) electrons. The van der Waals surface area contributed by atoms with Gasteiger partial charge in [0.1, 0.15) is 5.75 Å². The second-order valence-corrected chi connectivity index (χ2v) is 2.74. The molecule has 0 bridgehead atoms. The number of phenolic OH excluding ortho intramolecular Hbond substituents is 1. The van der Waals surface area contributed by atoms with E-state index >= 15 is 0 Å². The van der Waals surface area contributed by atoms with Gasteiger partial charge in [0.2, 0.25) is 0 Å². The number of aromatic hydroxyl groups is 1. The maximum absolute atomic E-state index is 9.29. The van der Waals surface area contributed by atoms with Crippen LogP contribution in [0, 0.1) is 13.8 Å². The zero-order valence-electron chi connectivity index (χ0n) is 7.07. The van der Waals surface area contributed by atoms with E-state index < -0.39 is 0 Å². The van der Waals surface area contributed by atoms with E-state index in [1.165, 1.54) is 6.21 Å². The van der Waals surface area contributed by atoms with E-state index in [0.29, 0.717) is 0 Å². The van der Waals surface area contributed by atoms with Gasteiger partial charge in [-0.3, -0.25) is 0 Å². The summed E-state index contributed by atoms with van der Waals surface area (Å²) in [6.45, 7) is 3.64. The quantitative estimate of drug-likeness (QED) is 0.379. The number of phenols is 1. The van der Waals surface area contributed by atoms with Crippen molar-refractivity contribution in [3.8, 4) is 5.75 Å². The van der Waals surface area contributed by atoms with Gasteiger partial charge in [0.05, 0.1) is 6.21 Å². The minimum atomic E-state index is 0.266. The minimum absolute atomic E-state index is 0.266. The van der Waals surface area contributed by atoms with Crippen molar-refractivity contribution in [3.63, 3.8) is 0 Å². The van der Waals surface area contributed by atoms with Gasteiger partial charge in [-0.05, 0) is 42.7 Å². The van der Waals surface area contributed by atoms with Crippen LogP contribution in [0.3, 0.4) is 0 Å². The fourth-order valence-corrected chi connectivity index (χ4v) is 1.02. The summed E-state index contributed by atoms with van der Waals surface area (Å²) in [5, 5.41) is 20.5. The monoisotopic (exact) mass is 165 g/mol. The molecular weight excluding hydrogens is 154 g/mol. The molecule has 64 valence electrons. The van der Waals surface area contributed by atoms with Crippen LogP contribution < -0.4 is 0 Å². The van der Waals surface area contributed by atoms with Gasteiger partial charge in [-0.15, -0.1) is 0 Å². The summed E-state index contributed by atoms with van der Waals surface area (Å²) in [7, 11) is 0. The van der Waals surface area contributed by atoms with Crippen LogP contribution in [0.5, 0.6) is 5.75 Å². The highest BCUT2D eigenvalue weighted by Gasteiger charge is 2.00. The molecule has 0 atom stereocenters. The smallest absolute Gasteiger partial charge is 0.118 e. The molecule has 3 nitrogen and oxygen atoms in total. The molecule has 0 aliphatic carbocycles. The molecule has 2 N–H and O–H groups in total. The van der Waals surface area contributed by atoms with Crippen LogP contribution >= 0.6 is 0 Å². The topological polar surface area (TPSA) is 52.8 Å². The molecule has 0 aromatic heterocycles. The highest BCUT2D eigenvalue weighted by Crippen LogP contribution is 2.19. The highest BCUT2D eigenvalue weighted by atomic mass is 16.4. The summed E-state index contributed by atoms with van der Waals surface area (Å²) in [6, 6.07) is 3.41. The summed E-state index contributed by atoms with van der Waals surface area (Å²) in [6.07, 6.45) is 1.35. The number of aryl methyl sites for hydroxylation is 2. The SMILES string of the molecule is Cc1cc(/C=N/O)c(C)cc1O. The third-order valence-corrected chi connectivity index (χ3v) is 1.78. The summed E-state index contributed by atoms with van der Waals surface area (Å²) >= 11 is 0. The van der Waals surface area contributed by atoms with Crippen LogP contribution in [0.4, 0.5) is 0 Å². The first-order valence-corrected chi connectivity index (χ1v) is 3.63. The maximum atomic E-state index is 9.29. The van der Waals surface area contributed by atoms with E-state index in [1.807, 2.05) is 6.92 Å². The standard InChI is InChI=1S/C9H11NO2/c1-6-4-9(11)7(2)3-8(6)5-10-12/h3-5,11-12H,1-2H3/b10-5+. The molecule has 0 spiro atoms. The average molecular weight is 165 g/mol. The summed E-state index contributed by atoms with van der Waals surface area (Å²) in [5.41, 5.74) is 2.47. The first-order chi connectivity index (χ1) is 5.65. The zero-order valence-corrected chi connectivity index (χ0v) is 7.07. The van der Waals surface area contributed by atoms with Gasteiger partial charge in [0, 0.05) is 0 Å². The Bertz CT molecular complexity index is 319. The first-order valence-electron chi connectivity index (χ1n) is 3.63. The highest BCUT2D eigenvalue weighted by molar-refractivity contribution is 5.82. The zero-order chi connectivity index (χ0) is 9.14. The van der Waals surface area contributed by atoms with Crippen LogP contribution in [0.25, 0.3) is 0 Å². The van der Waals surface area contributed by atoms with E-state index in [2.05, 4.69) is 5.16 Å². The molecule has 0 saturated carbocycles. The molecule has 1 aromatic carbocycles. The van der Waals surface area contributed by atoms with E-state index in [0.717, 1.165) is 16.7 Å². The molecule has 0 saturated heterocycles. The van der Waals surface area contributed by atoms with Crippen molar-refractivity contribution in [2.45, 2.75) is 13.8 Å². The molecule has 3 heteroatoms. The van der Waals surface area contributed by atoms with Gasteiger partial charge in [-0.1, -0.05) is 5.16 Å². The van der Waals surface area contributed by atoms with Crippen molar-refractivity contribution in [1.82, 2.24) is 0 Å². The van der Waals surface area contributed by atoms with Gasteiger partial charge < -0.3 is 10.3 Å². The number of hydrogen-bond donors (Lipinski definition) is 2. The van der Waals surface area contributed by atoms with Crippen molar-refractivity contribution in [2.24, 2.45) is 5.16 Å². The molecule has 0 fully saturated rings. The lowest BCUT2D eigenvalue weighted by molar-refractivity contribution is 0.322. The number of hydrogen-bond acceptors (Lipinski definition) is 3. The van der Waals surface area contributed by atoms with Gasteiger partial charge >= 0.3 is 0 Å². The first kappa shape index (κ1) is 8.59. The number of benzene rings is 1. The Balaban J connectivity index is 3.23. The van der Waals surface area contributed by atoms with Crippen molar-refractivity contribution >= 4 is 6.21 Å². The Morgan fingerprint density at radius 2 is 1.92 bits per heavy atom. The number of nitrogens with zero attached hydrogens (tertiary/aromatic N) is 1. The van der Waals surface area contributed by atoms with Crippen LogP contribution in [0.1, 0.15) is 16.7 Å².